The highest BCUT2D eigenvalue weighted by Crippen LogP contribution is 2.31. The Hall–Kier alpha value is 0.210. The summed E-state index contributed by atoms with van der Waals surface area (Å²) in [5.41, 5.74) is 0. The lowest BCUT2D eigenvalue weighted by molar-refractivity contribution is 0.151. The van der Waals surface area contributed by atoms with E-state index < -0.39 is 0 Å². The van der Waals surface area contributed by atoms with Crippen LogP contribution < -0.4 is 5.32 Å². The van der Waals surface area contributed by atoms with Gasteiger partial charge in [-0.25, -0.2) is 0 Å². The third kappa shape index (κ3) is 1.16. The van der Waals surface area contributed by atoms with Crippen molar-refractivity contribution in [3.8, 4) is 0 Å². The van der Waals surface area contributed by atoms with Crippen molar-refractivity contribution in [3.05, 3.63) is 0 Å². The number of nitrogens with one attached hydrogen (secondary N) is 1. The van der Waals surface area contributed by atoms with E-state index in [9.17, 15) is 5.11 Å². The maximum atomic E-state index is 9.34. The SMILES string of the molecule is Cl.O[C@@H]1CC[C@H]2CCN[C@H]21. The fourth-order valence-electron chi connectivity index (χ4n) is 2.12. The van der Waals surface area contributed by atoms with Gasteiger partial charge in [-0.05, 0) is 31.7 Å². The molecule has 2 nitrogen and oxygen atoms in total. The first kappa shape index (κ1) is 8.31. The summed E-state index contributed by atoms with van der Waals surface area (Å²) >= 11 is 0. The number of hydrogen-bond acceptors (Lipinski definition) is 2. The molecule has 1 aliphatic heterocycles. The minimum absolute atomic E-state index is 0. The molecule has 0 amide bonds. The summed E-state index contributed by atoms with van der Waals surface area (Å²) in [4.78, 5) is 0. The molecule has 3 atom stereocenters. The standard InChI is InChI=1S/C7H13NO.ClH/c9-6-2-1-5-3-4-8-7(5)6;/h5-9H,1-4H2;1H/t5-,6+,7+;/m0./s1. The normalized spacial score (nSPS) is 44.7. The average Bonchev–Trinajstić information content (AvgIpc) is 2.35. The van der Waals surface area contributed by atoms with Crippen LogP contribution in [0.3, 0.4) is 0 Å². The van der Waals surface area contributed by atoms with E-state index in [1.54, 1.807) is 0 Å². The second kappa shape index (κ2) is 3.07. The third-order valence-electron chi connectivity index (χ3n) is 2.65. The molecule has 1 aliphatic carbocycles. The summed E-state index contributed by atoms with van der Waals surface area (Å²) in [5.74, 6) is 0.792. The Morgan fingerprint density at radius 1 is 1.20 bits per heavy atom. The van der Waals surface area contributed by atoms with E-state index in [2.05, 4.69) is 5.32 Å². The highest BCUT2D eigenvalue weighted by atomic mass is 35.5. The van der Waals surface area contributed by atoms with E-state index in [-0.39, 0.29) is 18.5 Å². The molecule has 1 heterocycles. The molecule has 0 aromatic heterocycles. The molecule has 2 rings (SSSR count). The minimum Gasteiger partial charge on any atom is -0.391 e. The molecular weight excluding hydrogens is 150 g/mol. The first-order valence-corrected chi connectivity index (χ1v) is 3.79. The van der Waals surface area contributed by atoms with Gasteiger partial charge in [0.15, 0.2) is 0 Å². The van der Waals surface area contributed by atoms with Gasteiger partial charge in [0.1, 0.15) is 0 Å². The maximum absolute atomic E-state index is 9.34. The zero-order chi connectivity index (χ0) is 6.27. The zero-order valence-corrected chi connectivity index (χ0v) is 6.73. The Morgan fingerprint density at radius 3 is 2.70 bits per heavy atom. The topological polar surface area (TPSA) is 32.3 Å². The van der Waals surface area contributed by atoms with Crippen LogP contribution in [0, 0.1) is 5.92 Å². The smallest absolute Gasteiger partial charge is 0.0696 e. The average molecular weight is 164 g/mol. The molecule has 1 saturated heterocycles. The first-order valence-electron chi connectivity index (χ1n) is 3.79. The van der Waals surface area contributed by atoms with Crippen LogP contribution in [0.5, 0.6) is 0 Å². The molecular formula is C7H14ClNO. The summed E-state index contributed by atoms with van der Waals surface area (Å²) in [6.45, 7) is 1.12. The molecule has 60 valence electrons. The molecule has 0 spiro atoms. The second-order valence-corrected chi connectivity index (χ2v) is 3.17. The van der Waals surface area contributed by atoms with Crippen molar-refractivity contribution < 1.29 is 5.11 Å². The lowest BCUT2D eigenvalue weighted by atomic mass is 10.0. The predicted molar refractivity (Wildman–Crippen MR) is 42.4 cm³/mol. The van der Waals surface area contributed by atoms with Gasteiger partial charge in [0.2, 0.25) is 0 Å². The molecule has 1 saturated carbocycles. The monoisotopic (exact) mass is 163 g/mol. The van der Waals surface area contributed by atoms with Gasteiger partial charge < -0.3 is 10.4 Å². The molecule has 0 unspecified atom stereocenters. The van der Waals surface area contributed by atoms with Crippen molar-refractivity contribution in [3.63, 3.8) is 0 Å². The van der Waals surface area contributed by atoms with Gasteiger partial charge in [0.05, 0.1) is 6.10 Å². The zero-order valence-electron chi connectivity index (χ0n) is 5.92. The van der Waals surface area contributed by atoms with Gasteiger partial charge in [-0.15, -0.1) is 12.4 Å². The molecule has 2 aliphatic rings. The Labute approximate surface area is 67.4 Å². The van der Waals surface area contributed by atoms with E-state index in [1.165, 1.54) is 12.8 Å². The van der Waals surface area contributed by atoms with Gasteiger partial charge in [0, 0.05) is 6.04 Å². The van der Waals surface area contributed by atoms with Gasteiger partial charge in [-0.2, -0.15) is 0 Å². The van der Waals surface area contributed by atoms with E-state index in [0.717, 1.165) is 18.9 Å². The van der Waals surface area contributed by atoms with Gasteiger partial charge in [-0.3, -0.25) is 0 Å². The molecule has 3 heteroatoms. The van der Waals surface area contributed by atoms with Crippen molar-refractivity contribution in [1.29, 1.82) is 0 Å². The molecule has 2 N–H and O–H groups in total. The predicted octanol–water partition coefficient (Wildman–Crippen LogP) is 0.541. The second-order valence-electron chi connectivity index (χ2n) is 3.17. The Bertz CT molecular complexity index is 120. The lowest BCUT2D eigenvalue weighted by Crippen LogP contribution is -2.33. The molecule has 2 fully saturated rings. The van der Waals surface area contributed by atoms with Gasteiger partial charge >= 0.3 is 0 Å². The Morgan fingerprint density at radius 2 is 2.00 bits per heavy atom. The van der Waals surface area contributed by atoms with E-state index >= 15 is 0 Å². The van der Waals surface area contributed by atoms with Crippen LogP contribution in [0.4, 0.5) is 0 Å². The van der Waals surface area contributed by atoms with Gasteiger partial charge in [-0.1, -0.05) is 0 Å². The van der Waals surface area contributed by atoms with Crippen LogP contribution in [0.25, 0.3) is 0 Å². The van der Waals surface area contributed by atoms with Gasteiger partial charge in [0.25, 0.3) is 0 Å². The van der Waals surface area contributed by atoms with Crippen molar-refractivity contribution >= 4 is 12.4 Å². The number of rotatable bonds is 0. The van der Waals surface area contributed by atoms with Crippen LogP contribution >= 0.6 is 12.4 Å². The van der Waals surface area contributed by atoms with Crippen LogP contribution in [0.1, 0.15) is 19.3 Å². The van der Waals surface area contributed by atoms with Crippen LogP contribution in [0.15, 0.2) is 0 Å². The molecule has 0 aromatic rings. The first-order chi connectivity index (χ1) is 4.38. The Balaban J connectivity index is 0.000000500. The largest absolute Gasteiger partial charge is 0.391 e. The number of aliphatic hydroxyl groups is 1. The highest BCUT2D eigenvalue weighted by molar-refractivity contribution is 5.85. The number of aliphatic hydroxyl groups excluding tert-OH is 1. The van der Waals surface area contributed by atoms with E-state index in [4.69, 9.17) is 0 Å². The van der Waals surface area contributed by atoms with Crippen LogP contribution in [0.2, 0.25) is 0 Å². The molecule has 0 aromatic carbocycles. The van der Waals surface area contributed by atoms with E-state index in [1.807, 2.05) is 0 Å². The number of fused-ring (bicyclic) bond motifs is 1. The van der Waals surface area contributed by atoms with Crippen molar-refractivity contribution in [2.24, 2.45) is 5.92 Å². The third-order valence-corrected chi connectivity index (χ3v) is 2.65. The summed E-state index contributed by atoms with van der Waals surface area (Å²) in [5, 5.41) is 12.7. The summed E-state index contributed by atoms with van der Waals surface area (Å²) in [6.07, 6.45) is 3.49. The number of halogens is 1. The summed E-state index contributed by atoms with van der Waals surface area (Å²) in [7, 11) is 0. The number of hydrogen-bond donors (Lipinski definition) is 2. The molecule has 0 radical (unpaired) electrons. The lowest BCUT2D eigenvalue weighted by Gasteiger charge is -2.11. The van der Waals surface area contributed by atoms with E-state index in [0.29, 0.717) is 6.04 Å². The van der Waals surface area contributed by atoms with Crippen LogP contribution in [-0.2, 0) is 0 Å². The fourth-order valence-corrected chi connectivity index (χ4v) is 2.12. The Kier molecular flexibility index (Phi) is 2.55. The maximum Gasteiger partial charge on any atom is 0.0696 e. The van der Waals surface area contributed by atoms with Crippen molar-refractivity contribution in [2.45, 2.75) is 31.4 Å². The van der Waals surface area contributed by atoms with Crippen molar-refractivity contribution in [2.75, 3.05) is 6.54 Å². The minimum atomic E-state index is -0.0440. The summed E-state index contributed by atoms with van der Waals surface area (Å²) < 4.78 is 0. The summed E-state index contributed by atoms with van der Waals surface area (Å²) in [6, 6.07) is 0.449. The van der Waals surface area contributed by atoms with Crippen LogP contribution in [-0.4, -0.2) is 23.8 Å². The molecule has 0 bridgehead atoms. The quantitative estimate of drug-likeness (QED) is 0.547. The molecule has 10 heavy (non-hydrogen) atoms. The highest BCUT2D eigenvalue weighted by Gasteiger charge is 2.37. The van der Waals surface area contributed by atoms with Crippen molar-refractivity contribution in [1.82, 2.24) is 5.32 Å². The fraction of sp³-hybridized carbons (Fsp3) is 1.00.